The summed E-state index contributed by atoms with van der Waals surface area (Å²) in [5, 5.41) is 1.48. The topological polar surface area (TPSA) is 0 Å². The van der Waals surface area contributed by atoms with Crippen molar-refractivity contribution in [1.82, 2.24) is 0 Å². The Labute approximate surface area is 134 Å². The van der Waals surface area contributed by atoms with Gasteiger partial charge in [-0.3, -0.25) is 0 Å². The SMILES string of the molecule is [13CH3]P(Br)(c1ccccc1)(c1ccccc1)c1ccccc1. The molecule has 0 heterocycles. The molecule has 0 aliphatic carbocycles. The molecule has 2 heteroatoms. The van der Waals surface area contributed by atoms with Crippen molar-refractivity contribution in [3.8, 4) is 0 Å². The van der Waals surface area contributed by atoms with Crippen LogP contribution in [0.15, 0.2) is 91.0 Å². The molecule has 0 atom stereocenters. The molecular formula is C19H18BrP. The molecule has 0 spiro atoms. The van der Waals surface area contributed by atoms with Crippen molar-refractivity contribution in [3.05, 3.63) is 91.0 Å². The average molecular weight is 358 g/mol. The Hall–Kier alpha value is -1.43. The van der Waals surface area contributed by atoms with Gasteiger partial charge in [0.05, 0.1) is 0 Å². The Balaban J connectivity index is 2.36. The molecular weight excluding hydrogens is 340 g/mol. The van der Waals surface area contributed by atoms with Crippen LogP contribution in [0.2, 0.25) is 0 Å². The van der Waals surface area contributed by atoms with E-state index in [1.807, 2.05) is 0 Å². The zero-order valence-electron chi connectivity index (χ0n) is 12.0. The molecule has 21 heavy (non-hydrogen) atoms. The van der Waals surface area contributed by atoms with Crippen LogP contribution in [-0.2, 0) is 0 Å². The van der Waals surface area contributed by atoms with E-state index in [1.165, 1.54) is 15.9 Å². The van der Waals surface area contributed by atoms with Crippen LogP contribution < -0.4 is 15.9 Å². The van der Waals surface area contributed by atoms with E-state index in [4.69, 9.17) is 0 Å². The summed E-state index contributed by atoms with van der Waals surface area (Å²) in [5.41, 5.74) is 0. The molecule has 0 N–H and O–H groups in total. The third kappa shape index (κ3) is 2.35. The summed E-state index contributed by atoms with van der Waals surface area (Å²) in [7, 11) is 0. The summed E-state index contributed by atoms with van der Waals surface area (Å²) >= 11 is 4.24. The maximum atomic E-state index is 4.24. The van der Waals surface area contributed by atoms with E-state index < -0.39 is 5.31 Å². The van der Waals surface area contributed by atoms with Crippen LogP contribution in [0.1, 0.15) is 0 Å². The molecule has 0 fully saturated rings. The molecule has 3 aromatic rings. The normalized spacial score (nSPS) is 13.3. The third-order valence-corrected chi connectivity index (χ3v) is 12.4. The van der Waals surface area contributed by atoms with Crippen LogP contribution in [0.5, 0.6) is 0 Å². The minimum absolute atomic E-state index is 1.35. The summed E-state index contributed by atoms with van der Waals surface area (Å²) < 4.78 is 0. The fraction of sp³-hybridized carbons (Fsp3) is 0.0526. The van der Waals surface area contributed by atoms with Crippen LogP contribution in [0.3, 0.4) is 0 Å². The van der Waals surface area contributed by atoms with Crippen molar-refractivity contribution < 1.29 is 0 Å². The Bertz CT molecular complexity index is 618. The first-order valence-electron chi connectivity index (χ1n) is 7.02. The molecule has 0 amide bonds. The predicted octanol–water partition coefficient (Wildman–Crippen LogP) is 4.46. The zero-order valence-corrected chi connectivity index (χ0v) is 14.5. The molecule has 0 unspecified atom stereocenters. The van der Waals surface area contributed by atoms with E-state index in [-0.39, 0.29) is 0 Å². The van der Waals surface area contributed by atoms with Gasteiger partial charge in [-0.2, -0.15) is 0 Å². The molecule has 0 saturated heterocycles. The fourth-order valence-corrected chi connectivity index (χ4v) is 8.46. The van der Waals surface area contributed by atoms with Gasteiger partial charge in [0.25, 0.3) is 0 Å². The van der Waals surface area contributed by atoms with Gasteiger partial charge in [-0.1, -0.05) is 0 Å². The summed E-state index contributed by atoms with van der Waals surface area (Å²) in [6.45, 7) is 2.37. The predicted molar refractivity (Wildman–Crippen MR) is 100.0 cm³/mol. The number of benzene rings is 3. The number of hydrogen-bond acceptors (Lipinski definition) is 0. The van der Waals surface area contributed by atoms with Crippen molar-refractivity contribution in [1.29, 1.82) is 0 Å². The van der Waals surface area contributed by atoms with E-state index in [2.05, 4.69) is 113 Å². The quantitative estimate of drug-likeness (QED) is 0.479. The average Bonchev–Trinajstić information content (AvgIpc) is 2.57. The number of hydrogen-bond donors (Lipinski definition) is 0. The summed E-state index contributed by atoms with van der Waals surface area (Å²) in [6, 6.07) is 32.3. The number of rotatable bonds is 3. The Morgan fingerprint density at radius 3 is 1.00 bits per heavy atom. The standard InChI is InChI=1S/C19H18BrP/c1-21(20,17-11-5-2-6-12-17,18-13-7-3-8-14-18)19-15-9-4-10-16-19/h2-16H,1H3/i1+1. The molecule has 0 aliphatic heterocycles. The Morgan fingerprint density at radius 1 is 0.524 bits per heavy atom. The van der Waals surface area contributed by atoms with Gasteiger partial charge in [0, 0.05) is 0 Å². The molecule has 3 rings (SSSR count). The molecule has 0 nitrogen and oxygen atoms in total. The molecule has 0 aromatic heterocycles. The van der Waals surface area contributed by atoms with Gasteiger partial charge >= 0.3 is 134 Å². The van der Waals surface area contributed by atoms with Gasteiger partial charge in [0.15, 0.2) is 0 Å². The molecule has 0 bridgehead atoms. The van der Waals surface area contributed by atoms with E-state index in [0.717, 1.165) is 0 Å². The van der Waals surface area contributed by atoms with Gasteiger partial charge in [-0.25, -0.2) is 0 Å². The summed E-state index contributed by atoms with van der Waals surface area (Å²) in [4.78, 5) is 0. The van der Waals surface area contributed by atoms with Crippen LogP contribution in [0, 0.1) is 0 Å². The Morgan fingerprint density at radius 2 is 0.762 bits per heavy atom. The van der Waals surface area contributed by atoms with Crippen molar-refractivity contribution in [3.63, 3.8) is 0 Å². The van der Waals surface area contributed by atoms with E-state index in [9.17, 15) is 0 Å². The number of halogens is 1. The summed E-state index contributed by atoms with van der Waals surface area (Å²) in [5.74, 6) is 0. The van der Waals surface area contributed by atoms with Crippen LogP contribution >= 0.6 is 20.8 Å². The molecule has 106 valence electrons. The minimum atomic E-state index is -2.56. The molecule has 0 aliphatic rings. The summed E-state index contributed by atoms with van der Waals surface area (Å²) in [6.07, 6.45) is 0. The second-order valence-corrected chi connectivity index (χ2v) is 15.2. The zero-order chi connectivity index (χ0) is 14.8. The fourth-order valence-electron chi connectivity index (χ4n) is 2.79. The second kappa shape index (κ2) is 5.40. The van der Waals surface area contributed by atoms with E-state index in [0.29, 0.717) is 0 Å². The van der Waals surface area contributed by atoms with Crippen LogP contribution in [0.4, 0.5) is 0 Å². The van der Waals surface area contributed by atoms with Crippen LogP contribution in [-0.4, -0.2) is 6.66 Å². The van der Waals surface area contributed by atoms with Gasteiger partial charge < -0.3 is 0 Å². The van der Waals surface area contributed by atoms with Gasteiger partial charge in [0.2, 0.25) is 0 Å². The van der Waals surface area contributed by atoms with E-state index in [1.54, 1.807) is 0 Å². The van der Waals surface area contributed by atoms with Crippen molar-refractivity contribution in [2.24, 2.45) is 0 Å². The van der Waals surface area contributed by atoms with Crippen molar-refractivity contribution in [2.75, 3.05) is 6.66 Å². The molecule has 0 radical (unpaired) electrons. The first-order chi connectivity index (χ1) is 10.1. The first kappa shape index (κ1) is 14.5. The van der Waals surface area contributed by atoms with Gasteiger partial charge in [-0.05, 0) is 0 Å². The van der Waals surface area contributed by atoms with E-state index >= 15 is 0 Å². The van der Waals surface area contributed by atoms with Crippen LogP contribution in [0.25, 0.3) is 0 Å². The van der Waals surface area contributed by atoms with Gasteiger partial charge in [0.1, 0.15) is 0 Å². The Kier molecular flexibility index (Phi) is 3.73. The third-order valence-electron chi connectivity index (χ3n) is 4.11. The molecule has 3 aromatic carbocycles. The molecule has 0 saturated carbocycles. The van der Waals surface area contributed by atoms with Crippen molar-refractivity contribution >= 4 is 36.7 Å². The monoisotopic (exact) mass is 357 g/mol. The second-order valence-electron chi connectivity index (χ2n) is 5.44. The van der Waals surface area contributed by atoms with Crippen molar-refractivity contribution in [2.45, 2.75) is 0 Å². The first-order valence-corrected chi connectivity index (χ1v) is 11.7. The maximum absolute atomic E-state index is 4.24. The van der Waals surface area contributed by atoms with Gasteiger partial charge in [-0.15, -0.1) is 0 Å².